The topological polar surface area (TPSA) is 96.0 Å². The van der Waals surface area contributed by atoms with Crippen LogP contribution in [0.2, 0.25) is 0 Å². The van der Waals surface area contributed by atoms with Crippen LogP contribution in [0.25, 0.3) is 6.08 Å². The zero-order valence-electron chi connectivity index (χ0n) is 14.5. The second-order valence-electron chi connectivity index (χ2n) is 6.50. The highest BCUT2D eigenvalue weighted by Gasteiger charge is 2.26. The van der Waals surface area contributed by atoms with Crippen LogP contribution in [-0.2, 0) is 4.79 Å². The standard InChI is InChI=1S/C19H19N5O2S/c25-17-16(27-19(26)24-17)9-14-6-7-21-18(22-14)23-15-8-13(10-20-11-15)12-4-2-1-3-5-12/h1-7,9,13,15,20H,8,10-11H2,(H,21,22,23)(H,24,25,26)/b16-9-. The second-order valence-corrected chi connectivity index (χ2v) is 7.51. The van der Waals surface area contributed by atoms with Gasteiger partial charge in [0.1, 0.15) is 0 Å². The SMILES string of the molecule is O=C1NC(=O)/C(=C/c2ccnc(NC3CNCC(c4ccccc4)C3)n2)S1. The largest absolute Gasteiger partial charge is 0.350 e. The Labute approximate surface area is 161 Å². The van der Waals surface area contributed by atoms with E-state index in [0.29, 0.717) is 22.5 Å². The van der Waals surface area contributed by atoms with Gasteiger partial charge < -0.3 is 10.6 Å². The number of nitrogens with one attached hydrogen (secondary N) is 3. The third-order valence-corrected chi connectivity index (χ3v) is 5.36. The summed E-state index contributed by atoms with van der Waals surface area (Å²) >= 11 is 0.879. The van der Waals surface area contributed by atoms with Gasteiger partial charge in [0, 0.05) is 25.3 Å². The van der Waals surface area contributed by atoms with Gasteiger partial charge in [-0.2, -0.15) is 0 Å². The highest BCUT2D eigenvalue weighted by Crippen LogP contribution is 2.26. The number of carbonyl (C=O) groups excluding carboxylic acids is 2. The van der Waals surface area contributed by atoms with Gasteiger partial charge in [-0.1, -0.05) is 30.3 Å². The van der Waals surface area contributed by atoms with Crippen LogP contribution in [0.5, 0.6) is 0 Å². The number of rotatable bonds is 4. The molecule has 2 amide bonds. The van der Waals surface area contributed by atoms with Crippen molar-refractivity contribution in [3.05, 3.63) is 58.8 Å². The molecule has 2 aromatic rings. The number of hydrogen-bond acceptors (Lipinski definition) is 7. The van der Waals surface area contributed by atoms with Gasteiger partial charge in [0.25, 0.3) is 11.1 Å². The van der Waals surface area contributed by atoms with Crippen LogP contribution in [0.4, 0.5) is 10.7 Å². The van der Waals surface area contributed by atoms with E-state index < -0.39 is 0 Å². The molecule has 138 valence electrons. The van der Waals surface area contributed by atoms with E-state index in [2.05, 4.69) is 50.2 Å². The Balaban J connectivity index is 1.44. The molecule has 0 aliphatic carbocycles. The van der Waals surface area contributed by atoms with Crippen LogP contribution in [-0.4, -0.2) is 40.2 Å². The Morgan fingerprint density at radius 2 is 2.00 bits per heavy atom. The minimum Gasteiger partial charge on any atom is -0.350 e. The van der Waals surface area contributed by atoms with E-state index in [1.807, 2.05) is 6.07 Å². The lowest BCUT2D eigenvalue weighted by atomic mass is 9.89. The summed E-state index contributed by atoms with van der Waals surface area (Å²) in [5.41, 5.74) is 1.91. The van der Waals surface area contributed by atoms with E-state index in [4.69, 9.17) is 0 Å². The Morgan fingerprint density at radius 3 is 2.78 bits per heavy atom. The summed E-state index contributed by atoms with van der Waals surface area (Å²) in [6.45, 7) is 1.79. The monoisotopic (exact) mass is 381 g/mol. The summed E-state index contributed by atoms with van der Waals surface area (Å²) in [6.07, 6.45) is 4.23. The number of imide groups is 1. The molecule has 3 N–H and O–H groups in total. The number of anilines is 1. The van der Waals surface area contributed by atoms with Crippen LogP contribution >= 0.6 is 11.8 Å². The van der Waals surface area contributed by atoms with Gasteiger partial charge in [0.2, 0.25) is 5.95 Å². The molecule has 2 unspecified atom stereocenters. The average molecular weight is 381 g/mol. The molecule has 2 atom stereocenters. The maximum atomic E-state index is 11.7. The van der Waals surface area contributed by atoms with Crippen LogP contribution in [0.3, 0.4) is 0 Å². The summed E-state index contributed by atoms with van der Waals surface area (Å²) in [5, 5.41) is 8.72. The lowest BCUT2D eigenvalue weighted by Gasteiger charge is -2.31. The molecule has 3 heterocycles. The Hall–Kier alpha value is -2.71. The van der Waals surface area contributed by atoms with Crippen molar-refractivity contribution < 1.29 is 9.59 Å². The summed E-state index contributed by atoms with van der Waals surface area (Å²) in [5.74, 6) is 0.562. The van der Waals surface area contributed by atoms with E-state index >= 15 is 0 Å². The average Bonchev–Trinajstić information content (AvgIpc) is 3.00. The van der Waals surface area contributed by atoms with Gasteiger partial charge >= 0.3 is 0 Å². The molecule has 2 fully saturated rings. The normalized spacial score (nSPS) is 24.1. The van der Waals surface area contributed by atoms with Crippen LogP contribution in [0.1, 0.15) is 23.6 Å². The van der Waals surface area contributed by atoms with Gasteiger partial charge in [-0.3, -0.25) is 14.9 Å². The molecule has 7 nitrogen and oxygen atoms in total. The number of carbonyl (C=O) groups is 2. The van der Waals surface area contributed by atoms with Crippen LogP contribution in [0, 0.1) is 0 Å². The molecule has 8 heteroatoms. The fraction of sp³-hybridized carbons (Fsp3) is 0.263. The number of amides is 2. The predicted octanol–water partition coefficient (Wildman–Crippen LogP) is 2.36. The molecule has 0 bridgehead atoms. The maximum absolute atomic E-state index is 11.7. The first-order valence-electron chi connectivity index (χ1n) is 8.77. The number of aromatic nitrogens is 2. The number of piperidine rings is 1. The minimum absolute atomic E-state index is 0.206. The molecule has 0 saturated carbocycles. The van der Waals surface area contributed by atoms with E-state index in [1.165, 1.54) is 5.56 Å². The maximum Gasteiger partial charge on any atom is 0.290 e. The van der Waals surface area contributed by atoms with Crippen molar-refractivity contribution >= 4 is 34.9 Å². The van der Waals surface area contributed by atoms with E-state index in [9.17, 15) is 9.59 Å². The molecule has 2 saturated heterocycles. The molecular weight excluding hydrogens is 362 g/mol. The zero-order chi connectivity index (χ0) is 18.6. The molecule has 1 aromatic heterocycles. The summed E-state index contributed by atoms with van der Waals surface area (Å²) in [7, 11) is 0. The third-order valence-electron chi connectivity index (χ3n) is 4.55. The first kappa shape index (κ1) is 17.7. The molecule has 2 aliphatic heterocycles. The fourth-order valence-corrected chi connectivity index (χ4v) is 3.96. The summed E-state index contributed by atoms with van der Waals surface area (Å²) in [4.78, 5) is 32.0. The molecule has 2 aliphatic rings. The lowest BCUT2D eigenvalue weighted by molar-refractivity contribution is -0.115. The Kier molecular flexibility index (Phi) is 5.17. The number of benzene rings is 1. The predicted molar refractivity (Wildman–Crippen MR) is 105 cm³/mol. The highest BCUT2D eigenvalue weighted by molar-refractivity contribution is 8.18. The van der Waals surface area contributed by atoms with Crippen molar-refractivity contribution in [2.75, 3.05) is 18.4 Å². The van der Waals surface area contributed by atoms with Gasteiger partial charge in [0.15, 0.2) is 0 Å². The van der Waals surface area contributed by atoms with Crippen molar-refractivity contribution in [3.63, 3.8) is 0 Å². The molecule has 27 heavy (non-hydrogen) atoms. The van der Waals surface area contributed by atoms with Crippen molar-refractivity contribution in [2.24, 2.45) is 0 Å². The van der Waals surface area contributed by atoms with Gasteiger partial charge in [-0.25, -0.2) is 9.97 Å². The number of thioether (sulfide) groups is 1. The summed E-state index contributed by atoms with van der Waals surface area (Å²) in [6, 6.07) is 12.4. The second kappa shape index (κ2) is 7.89. The Morgan fingerprint density at radius 1 is 1.15 bits per heavy atom. The molecule has 4 rings (SSSR count). The first-order chi connectivity index (χ1) is 13.2. The Bertz CT molecular complexity index is 887. The summed E-state index contributed by atoms with van der Waals surface area (Å²) < 4.78 is 0. The van der Waals surface area contributed by atoms with Crippen molar-refractivity contribution in [1.82, 2.24) is 20.6 Å². The van der Waals surface area contributed by atoms with E-state index in [-0.39, 0.29) is 17.2 Å². The van der Waals surface area contributed by atoms with Crippen molar-refractivity contribution in [2.45, 2.75) is 18.4 Å². The van der Waals surface area contributed by atoms with E-state index in [0.717, 1.165) is 31.3 Å². The van der Waals surface area contributed by atoms with Crippen molar-refractivity contribution in [1.29, 1.82) is 0 Å². The lowest BCUT2D eigenvalue weighted by Crippen LogP contribution is -2.42. The quantitative estimate of drug-likeness (QED) is 0.700. The van der Waals surface area contributed by atoms with Gasteiger partial charge in [0.05, 0.1) is 10.6 Å². The third kappa shape index (κ3) is 4.35. The van der Waals surface area contributed by atoms with Gasteiger partial charge in [-0.15, -0.1) is 0 Å². The number of nitrogens with zero attached hydrogens (tertiary/aromatic N) is 2. The van der Waals surface area contributed by atoms with E-state index in [1.54, 1.807) is 18.3 Å². The first-order valence-corrected chi connectivity index (χ1v) is 9.59. The van der Waals surface area contributed by atoms with Crippen LogP contribution < -0.4 is 16.0 Å². The van der Waals surface area contributed by atoms with Crippen LogP contribution in [0.15, 0.2) is 47.5 Å². The minimum atomic E-state index is -0.389. The highest BCUT2D eigenvalue weighted by atomic mass is 32.2. The molecular formula is C19H19N5O2S. The molecule has 0 spiro atoms. The number of hydrogen-bond donors (Lipinski definition) is 3. The molecule has 1 aromatic carbocycles. The van der Waals surface area contributed by atoms with Gasteiger partial charge in [-0.05, 0) is 41.8 Å². The fourth-order valence-electron chi connectivity index (χ4n) is 3.29. The smallest absolute Gasteiger partial charge is 0.290 e. The van der Waals surface area contributed by atoms with Crippen molar-refractivity contribution in [3.8, 4) is 0 Å². The molecule has 0 radical (unpaired) electrons. The zero-order valence-corrected chi connectivity index (χ0v) is 15.3.